The van der Waals surface area contributed by atoms with Crippen molar-refractivity contribution < 1.29 is 13.2 Å². The largest absolute Gasteiger partial charge is 0.379 e. The summed E-state index contributed by atoms with van der Waals surface area (Å²) in [4.78, 5) is 5.28. The van der Waals surface area contributed by atoms with E-state index in [4.69, 9.17) is 4.74 Å². The first-order chi connectivity index (χ1) is 13.0. The highest BCUT2D eigenvalue weighted by molar-refractivity contribution is 14.0. The van der Waals surface area contributed by atoms with Crippen LogP contribution in [0.5, 0.6) is 0 Å². The summed E-state index contributed by atoms with van der Waals surface area (Å²) in [5.74, 6) is 1.59. The summed E-state index contributed by atoms with van der Waals surface area (Å²) < 4.78 is 32.6. The van der Waals surface area contributed by atoms with Gasteiger partial charge in [-0.05, 0) is 43.7 Å². The molecule has 160 valence electrons. The van der Waals surface area contributed by atoms with E-state index in [9.17, 15) is 8.42 Å². The molecule has 7 nitrogen and oxygen atoms in total. The number of hydrogen-bond donors (Lipinski definition) is 2. The molecule has 2 aliphatic rings. The normalized spacial score (nSPS) is 24.4. The second-order valence-corrected chi connectivity index (χ2v) is 10.6. The fourth-order valence-electron chi connectivity index (χ4n) is 3.47. The highest BCUT2D eigenvalue weighted by Crippen LogP contribution is 2.26. The van der Waals surface area contributed by atoms with Crippen LogP contribution in [-0.2, 0) is 21.3 Å². The maximum Gasteiger partial charge on any atom is 0.252 e. The van der Waals surface area contributed by atoms with Crippen molar-refractivity contribution in [3.8, 4) is 0 Å². The van der Waals surface area contributed by atoms with Crippen molar-refractivity contribution in [2.45, 2.75) is 49.4 Å². The lowest BCUT2D eigenvalue weighted by atomic mass is 9.87. The summed E-state index contributed by atoms with van der Waals surface area (Å²) in [6.45, 7) is 4.63. The average Bonchev–Trinajstić information content (AvgIpc) is 3.17. The second kappa shape index (κ2) is 11.1. The predicted octanol–water partition coefficient (Wildman–Crippen LogP) is 2.63. The van der Waals surface area contributed by atoms with Crippen LogP contribution in [0.2, 0.25) is 0 Å². The number of thiophene rings is 1. The standard InChI is InChI=1S/C18H30N4O3S2.HI/c1-14-3-5-15(6-4-14)21-18(19-2)20-13-16-7-8-17(26-16)27(23,24)22-9-11-25-12-10-22;/h7-8,14-15H,3-6,9-13H2,1-2H3,(H2,19,20,21);1H. The van der Waals surface area contributed by atoms with Gasteiger partial charge in [-0.15, -0.1) is 35.3 Å². The molecule has 1 aliphatic heterocycles. The third kappa shape index (κ3) is 6.28. The molecule has 28 heavy (non-hydrogen) atoms. The zero-order chi connectivity index (χ0) is 19.3. The van der Waals surface area contributed by atoms with E-state index >= 15 is 0 Å². The molecule has 0 unspecified atom stereocenters. The van der Waals surface area contributed by atoms with Gasteiger partial charge in [-0.25, -0.2) is 8.42 Å². The molecule has 10 heteroatoms. The molecule has 0 spiro atoms. The molecule has 0 atom stereocenters. The molecule has 2 fully saturated rings. The van der Waals surface area contributed by atoms with Crippen LogP contribution < -0.4 is 10.6 Å². The number of hydrogen-bond acceptors (Lipinski definition) is 5. The molecule has 1 saturated heterocycles. The summed E-state index contributed by atoms with van der Waals surface area (Å²) in [7, 11) is -1.65. The van der Waals surface area contributed by atoms with Crippen LogP contribution in [0.1, 0.15) is 37.5 Å². The molecule has 3 rings (SSSR count). The van der Waals surface area contributed by atoms with Gasteiger partial charge in [-0.1, -0.05) is 6.92 Å². The molecular formula is C18H31IN4O3S2. The number of guanidine groups is 1. The van der Waals surface area contributed by atoms with Crippen molar-refractivity contribution >= 4 is 51.3 Å². The minimum Gasteiger partial charge on any atom is -0.379 e. The smallest absolute Gasteiger partial charge is 0.252 e. The van der Waals surface area contributed by atoms with Crippen molar-refractivity contribution in [3.05, 3.63) is 17.0 Å². The molecule has 0 amide bonds. The Hall–Kier alpha value is -0.430. The minimum atomic E-state index is -3.42. The van der Waals surface area contributed by atoms with Gasteiger partial charge in [0.25, 0.3) is 10.0 Å². The van der Waals surface area contributed by atoms with Crippen LogP contribution >= 0.6 is 35.3 Å². The van der Waals surface area contributed by atoms with Crippen LogP contribution in [0.25, 0.3) is 0 Å². The third-order valence-corrected chi connectivity index (χ3v) is 8.66. The first kappa shape index (κ1) is 23.8. The van der Waals surface area contributed by atoms with Gasteiger partial charge in [0.05, 0.1) is 19.8 Å². The summed E-state index contributed by atoms with van der Waals surface area (Å²) in [5.41, 5.74) is 0. The van der Waals surface area contributed by atoms with Gasteiger partial charge < -0.3 is 15.4 Å². The Bertz CT molecular complexity index is 740. The number of aliphatic imine (C=N–C) groups is 1. The van der Waals surface area contributed by atoms with Crippen molar-refractivity contribution in [2.75, 3.05) is 33.4 Å². The Morgan fingerprint density at radius 2 is 1.93 bits per heavy atom. The number of rotatable bonds is 5. The number of nitrogens with zero attached hydrogens (tertiary/aromatic N) is 2. The van der Waals surface area contributed by atoms with E-state index in [1.165, 1.54) is 41.3 Å². The number of ether oxygens (including phenoxy) is 1. The van der Waals surface area contributed by atoms with Crippen molar-refractivity contribution in [2.24, 2.45) is 10.9 Å². The van der Waals surface area contributed by atoms with Crippen LogP contribution in [0.3, 0.4) is 0 Å². The van der Waals surface area contributed by atoms with Gasteiger partial charge in [0.1, 0.15) is 4.21 Å². The zero-order valence-electron chi connectivity index (χ0n) is 16.5. The number of halogens is 1. The highest BCUT2D eigenvalue weighted by atomic mass is 127. The quantitative estimate of drug-likeness (QED) is 0.340. The van der Waals surface area contributed by atoms with Crippen LogP contribution in [-0.4, -0.2) is 58.1 Å². The minimum absolute atomic E-state index is 0. The lowest BCUT2D eigenvalue weighted by Crippen LogP contribution is -2.44. The van der Waals surface area contributed by atoms with E-state index in [0.29, 0.717) is 43.1 Å². The Balaban J connectivity index is 0.00000280. The number of morpholine rings is 1. The maximum atomic E-state index is 12.7. The molecule has 1 aromatic heterocycles. The number of sulfonamides is 1. The molecule has 1 aliphatic carbocycles. The van der Waals surface area contributed by atoms with Gasteiger partial charge in [-0.3, -0.25) is 4.99 Å². The molecule has 2 N–H and O–H groups in total. The average molecular weight is 543 g/mol. The Morgan fingerprint density at radius 3 is 2.57 bits per heavy atom. The highest BCUT2D eigenvalue weighted by Gasteiger charge is 2.27. The lowest BCUT2D eigenvalue weighted by Gasteiger charge is -2.28. The van der Waals surface area contributed by atoms with E-state index in [0.717, 1.165) is 16.8 Å². The van der Waals surface area contributed by atoms with Crippen LogP contribution in [0.4, 0.5) is 0 Å². The van der Waals surface area contributed by atoms with Crippen molar-refractivity contribution in [1.82, 2.24) is 14.9 Å². The molecule has 1 aromatic rings. The van der Waals surface area contributed by atoms with Crippen LogP contribution in [0.15, 0.2) is 21.3 Å². The zero-order valence-corrected chi connectivity index (χ0v) is 20.5. The first-order valence-electron chi connectivity index (χ1n) is 9.63. The molecule has 0 radical (unpaired) electrons. The monoisotopic (exact) mass is 542 g/mol. The van der Waals surface area contributed by atoms with E-state index in [2.05, 4.69) is 22.5 Å². The Labute approximate surface area is 189 Å². The summed E-state index contributed by atoms with van der Waals surface area (Å²) in [6, 6.07) is 4.04. The lowest BCUT2D eigenvalue weighted by molar-refractivity contribution is 0.0731. The summed E-state index contributed by atoms with van der Waals surface area (Å²) >= 11 is 1.32. The fourth-order valence-corrected chi connectivity index (χ4v) is 6.33. The molecular weight excluding hydrogens is 511 g/mol. The topological polar surface area (TPSA) is 83.0 Å². The van der Waals surface area contributed by atoms with Gasteiger partial charge in [0, 0.05) is 31.1 Å². The molecule has 0 bridgehead atoms. The second-order valence-electron chi connectivity index (χ2n) is 7.26. The summed E-state index contributed by atoms with van der Waals surface area (Å²) in [5, 5.41) is 6.80. The van der Waals surface area contributed by atoms with Crippen molar-refractivity contribution in [1.29, 1.82) is 0 Å². The van der Waals surface area contributed by atoms with E-state index < -0.39 is 10.0 Å². The Morgan fingerprint density at radius 1 is 1.25 bits per heavy atom. The van der Waals surface area contributed by atoms with E-state index in [1.807, 2.05) is 6.07 Å². The van der Waals surface area contributed by atoms with Gasteiger partial charge in [0.15, 0.2) is 5.96 Å². The van der Waals surface area contributed by atoms with E-state index in [-0.39, 0.29) is 24.0 Å². The maximum absolute atomic E-state index is 12.7. The summed E-state index contributed by atoms with van der Waals surface area (Å²) in [6.07, 6.45) is 4.84. The van der Waals surface area contributed by atoms with Crippen molar-refractivity contribution in [3.63, 3.8) is 0 Å². The third-order valence-electron chi connectivity index (χ3n) is 5.21. The molecule has 1 saturated carbocycles. The SMILES string of the molecule is CN=C(NCc1ccc(S(=O)(=O)N2CCOCC2)s1)NC1CCC(C)CC1.I. The number of nitrogens with one attached hydrogen (secondary N) is 2. The molecule has 2 heterocycles. The Kier molecular flexibility index (Phi) is 9.45. The van der Waals surface area contributed by atoms with Gasteiger partial charge >= 0.3 is 0 Å². The van der Waals surface area contributed by atoms with Gasteiger partial charge in [0.2, 0.25) is 0 Å². The van der Waals surface area contributed by atoms with Crippen LogP contribution in [0, 0.1) is 5.92 Å². The fraction of sp³-hybridized carbons (Fsp3) is 0.722. The van der Waals surface area contributed by atoms with Gasteiger partial charge in [-0.2, -0.15) is 4.31 Å². The van der Waals surface area contributed by atoms with E-state index in [1.54, 1.807) is 13.1 Å². The first-order valence-corrected chi connectivity index (χ1v) is 11.9. The predicted molar refractivity (Wildman–Crippen MR) is 124 cm³/mol. The molecule has 0 aromatic carbocycles.